The van der Waals surface area contributed by atoms with Crippen molar-refractivity contribution in [1.82, 2.24) is 4.90 Å². The number of rotatable bonds is 7. The number of likely N-dealkylation sites (tertiary alicyclic amines) is 1. The standard InChI is InChI=1S/C26H32N4O5/c1-35-22-8-4-3-7-19(22)23(31)28-21-10-9-18(17-20(21)24(32)33)29-15-11-26(12-16-29,25(27)34)30-13-5-2-6-14-30/h3-4,7-10,17H,2,5-6,11-16H2,1H3,(H2,27,34)(H,28,31)(H,32,33). The van der Waals surface area contributed by atoms with Crippen LogP contribution in [-0.2, 0) is 4.79 Å². The number of hydrogen-bond acceptors (Lipinski definition) is 6. The van der Waals surface area contributed by atoms with E-state index in [4.69, 9.17) is 10.5 Å². The van der Waals surface area contributed by atoms with Crippen LogP contribution >= 0.6 is 0 Å². The lowest BCUT2D eigenvalue weighted by molar-refractivity contribution is -0.132. The van der Waals surface area contributed by atoms with E-state index in [1.165, 1.54) is 13.5 Å². The lowest BCUT2D eigenvalue weighted by Gasteiger charge is -2.48. The Kier molecular flexibility index (Phi) is 7.25. The highest BCUT2D eigenvalue weighted by atomic mass is 16.5. The van der Waals surface area contributed by atoms with Gasteiger partial charge in [-0.05, 0) is 69.1 Å². The molecule has 0 unspecified atom stereocenters. The number of methoxy groups -OCH3 is 1. The smallest absolute Gasteiger partial charge is 0.337 e. The highest BCUT2D eigenvalue weighted by Gasteiger charge is 2.45. The highest BCUT2D eigenvalue weighted by Crippen LogP contribution is 2.34. The minimum Gasteiger partial charge on any atom is -0.496 e. The minimum atomic E-state index is -1.14. The Labute approximate surface area is 204 Å². The number of nitrogens with two attached hydrogens (primary N) is 1. The van der Waals surface area contributed by atoms with Crippen LogP contribution in [0.3, 0.4) is 0 Å². The number of carboxylic acid groups (broad SMARTS) is 1. The largest absolute Gasteiger partial charge is 0.496 e. The summed E-state index contributed by atoms with van der Waals surface area (Å²) in [5.41, 5.74) is 6.49. The van der Waals surface area contributed by atoms with Crippen LogP contribution in [0.2, 0.25) is 0 Å². The van der Waals surface area contributed by atoms with Gasteiger partial charge in [-0.25, -0.2) is 4.79 Å². The number of aromatic carboxylic acids is 1. The molecule has 2 aliphatic heterocycles. The van der Waals surface area contributed by atoms with Gasteiger partial charge < -0.3 is 25.8 Å². The molecule has 9 heteroatoms. The second-order valence-electron chi connectivity index (χ2n) is 9.12. The molecular weight excluding hydrogens is 448 g/mol. The van der Waals surface area contributed by atoms with Crippen molar-refractivity contribution in [2.24, 2.45) is 5.73 Å². The fourth-order valence-electron chi connectivity index (χ4n) is 5.21. The second kappa shape index (κ2) is 10.4. The number of carbonyl (C=O) groups is 3. The molecule has 2 aromatic carbocycles. The van der Waals surface area contributed by atoms with Crippen molar-refractivity contribution < 1.29 is 24.2 Å². The first kappa shape index (κ1) is 24.5. The Morgan fingerprint density at radius 1 is 0.971 bits per heavy atom. The zero-order chi connectivity index (χ0) is 25.0. The van der Waals surface area contributed by atoms with E-state index in [9.17, 15) is 19.5 Å². The summed E-state index contributed by atoms with van der Waals surface area (Å²) in [5, 5.41) is 12.5. The number of primary amides is 1. The van der Waals surface area contributed by atoms with Gasteiger partial charge in [-0.2, -0.15) is 0 Å². The number of nitrogens with one attached hydrogen (secondary N) is 1. The van der Waals surface area contributed by atoms with Gasteiger partial charge in [0, 0.05) is 18.8 Å². The molecule has 2 amide bonds. The molecular formula is C26H32N4O5. The van der Waals surface area contributed by atoms with Gasteiger partial charge >= 0.3 is 5.97 Å². The highest BCUT2D eigenvalue weighted by molar-refractivity contribution is 6.09. The molecule has 4 N–H and O–H groups in total. The summed E-state index contributed by atoms with van der Waals surface area (Å²) in [7, 11) is 1.47. The normalized spacial score (nSPS) is 18.0. The Bertz CT molecular complexity index is 1100. The summed E-state index contributed by atoms with van der Waals surface area (Å²) >= 11 is 0. The van der Waals surface area contributed by atoms with Crippen LogP contribution in [-0.4, -0.2) is 66.6 Å². The molecule has 9 nitrogen and oxygen atoms in total. The number of anilines is 2. The van der Waals surface area contributed by atoms with Gasteiger partial charge in [0.2, 0.25) is 5.91 Å². The summed E-state index contributed by atoms with van der Waals surface area (Å²) in [4.78, 5) is 41.7. The van der Waals surface area contributed by atoms with Crippen molar-refractivity contribution in [3.05, 3.63) is 53.6 Å². The van der Waals surface area contributed by atoms with E-state index in [-0.39, 0.29) is 17.2 Å². The van der Waals surface area contributed by atoms with Crippen LogP contribution in [0.1, 0.15) is 52.8 Å². The molecule has 0 spiro atoms. The lowest BCUT2D eigenvalue weighted by Crippen LogP contribution is -2.63. The first-order chi connectivity index (χ1) is 16.9. The Balaban J connectivity index is 1.52. The number of carboxylic acids is 1. The van der Waals surface area contributed by atoms with Crippen molar-refractivity contribution in [2.45, 2.75) is 37.6 Å². The number of nitrogens with zero attached hydrogens (tertiary/aromatic N) is 2. The molecule has 2 fully saturated rings. The van der Waals surface area contributed by atoms with Crippen LogP contribution in [0.25, 0.3) is 0 Å². The van der Waals surface area contributed by atoms with E-state index in [1.54, 1.807) is 42.5 Å². The molecule has 0 radical (unpaired) electrons. The number of carbonyl (C=O) groups excluding carboxylic acids is 2. The van der Waals surface area contributed by atoms with Crippen molar-refractivity contribution in [3.63, 3.8) is 0 Å². The van der Waals surface area contributed by atoms with E-state index in [2.05, 4.69) is 15.1 Å². The third-order valence-corrected chi connectivity index (χ3v) is 7.21. The SMILES string of the molecule is COc1ccccc1C(=O)Nc1ccc(N2CCC(C(N)=O)(N3CCCCC3)CC2)cc1C(=O)O. The predicted octanol–water partition coefficient (Wildman–Crippen LogP) is 2.96. The van der Waals surface area contributed by atoms with Gasteiger partial charge in [0.05, 0.1) is 23.9 Å². The number of piperidine rings is 2. The maximum Gasteiger partial charge on any atom is 0.337 e. The third-order valence-electron chi connectivity index (χ3n) is 7.21. The van der Waals surface area contributed by atoms with Crippen molar-refractivity contribution in [1.29, 1.82) is 0 Å². The van der Waals surface area contributed by atoms with Crippen molar-refractivity contribution >= 4 is 29.2 Å². The summed E-state index contributed by atoms with van der Waals surface area (Å²) in [6.45, 7) is 2.94. The Morgan fingerprint density at radius 3 is 2.29 bits per heavy atom. The molecule has 0 aliphatic carbocycles. The van der Waals surface area contributed by atoms with Crippen LogP contribution < -0.4 is 20.7 Å². The molecule has 2 heterocycles. The maximum atomic E-state index is 12.8. The summed E-state index contributed by atoms with van der Waals surface area (Å²) in [5.74, 6) is -1.47. The molecule has 2 aromatic rings. The van der Waals surface area contributed by atoms with E-state index in [0.29, 0.717) is 37.2 Å². The van der Waals surface area contributed by atoms with Gasteiger partial charge in [-0.1, -0.05) is 18.6 Å². The van der Waals surface area contributed by atoms with Crippen LogP contribution in [0.4, 0.5) is 11.4 Å². The lowest BCUT2D eigenvalue weighted by atomic mass is 9.83. The van der Waals surface area contributed by atoms with E-state index >= 15 is 0 Å². The predicted molar refractivity (Wildman–Crippen MR) is 133 cm³/mol. The maximum absolute atomic E-state index is 12.8. The topological polar surface area (TPSA) is 125 Å². The molecule has 35 heavy (non-hydrogen) atoms. The summed E-state index contributed by atoms with van der Waals surface area (Å²) < 4.78 is 5.24. The Morgan fingerprint density at radius 2 is 1.66 bits per heavy atom. The van der Waals surface area contributed by atoms with Gasteiger partial charge in [0.1, 0.15) is 11.3 Å². The number of para-hydroxylation sites is 1. The fraction of sp³-hybridized carbons (Fsp3) is 0.423. The van der Waals surface area contributed by atoms with Crippen LogP contribution in [0, 0.1) is 0 Å². The molecule has 2 saturated heterocycles. The first-order valence-electron chi connectivity index (χ1n) is 12.0. The summed E-state index contributed by atoms with van der Waals surface area (Å²) in [6.07, 6.45) is 4.51. The zero-order valence-corrected chi connectivity index (χ0v) is 20.0. The first-order valence-corrected chi connectivity index (χ1v) is 12.0. The summed E-state index contributed by atoms with van der Waals surface area (Å²) in [6, 6.07) is 11.7. The van der Waals surface area contributed by atoms with Gasteiger partial charge in [0.25, 0.3) is 5.91 Å². The molecule has 186 valence electrons. The average molecular weight is 481 g/mol. The van der Waals surface area contributed by atoms with Crippen LogP contribution in [0.15, 0.2) is 42.5 Å². The minimum absolute atomic E-state index is 0.00600. The average Bonchev–Trinajstić information content (AvgIpc) is 2.89. The fourth-order valence-corrected chi connectivity index (χ4v) is 5.21. The van der Waals surface area contributed by atoms with E-state index < -0.39 is 17.4 Å². The number of hydrogen-bond donors (Lipinski definition) is 3. The van der Waals surface area contributed by atoms with Crippen molar-refractivity contribution in [3.8, 4) is 5.75 Å². The number of amides is 2. The number of ether oxygens (including phenoxy) is 1. The molecule has 0 atom stereocenters. The van der Waals surface area contributed by atoms with Gasteiger partial charge in [-0.15, -0.1) is 0 Å². The zero-order valence-electron chi connectivity index (χ0n) is 20.0. The monoisotopic (exact) mass is 480 g/mol. The van der Waals surface area contributed by atoms with Gasteiger partial charge in [-0.3, -0.25) is 14.5 Å². The van der Waals surface area contributed by atoms with Gasteiger partial charge in [0.15, 0.2) is 0 Å². The van der Waals surface area contributed by atoms with E-state index in [1.807, 2.05) is 0 Å². The quantitative estimate of drug-likeness (QED) is 0.556. The van der Waals surface area contributed by atoms with E-state index in [0.717, 1.165) is 31.6 Å². The molecule has 0 saturated carbocycles. The molecule has 4 rings (SSSR count). The Hall–Kier alpha value is -3.59. The molecule has 2 aliphatic rings. The molecule has 0 aromatic heterocycles. The van der Waals surface area contributed by atoms with Crippen molar-refractivity contribution in [2.75, 3.05) is 43.5 Å². The number of benzene rings is 2. The third kappa shape index (κ3) is 4.95. The molecule has 0 bridgehead atoms. The van der Waals surface area contributed by atoms with Crippen LogP contribution in [0.5, 0.6) is 5.75 Å². The second-order valence-corrected chi connectivity index (χ2v) is 9.12.